The zero-order valence-corrected chi connectivity index (χ0v) is 14.2. The fourth-order valence-corrected chi connectivity index (χ4v) is 3.90. The molecule has 1 aliphatic heterocycles. The molecule has 24 heavy (non-hydrogen) atoms. The van der Waals surface area contributed by atoms with Crippen LogP contribution in [0.2, 0.25) is 0 Å². The van der Waals surface area contributed by atoms with Gasteiger partial charge in [0, 0.05) is 26.4 Å². The second-order valence-corrected chi connectivity index (χ2v) is 7.07. The Kier molecular flexibility index (Phi) is 5.19. The maximum absolute atomic E-state index is 12.7. The minimum absolute atomic E-state index is 0.0715. The number of rotatable bonds is 3. The van der Waals surface area contributed by atoms with Crippen LogP contribution in [0.15, 0.2) is 24.3 Å². The number of nitrogens with zero attached hydrogens (tertiary/aromatic N) is 1. The molecule has 0 radical (unpaired) electrons. The number of hydrogen-bond donors (Lipinski definition) is 2. The van der Waals surface area contributed by atoms with Crippen molar-refractivity contribution in [1.82, 2.24) is 10.2 Å². The van der Waals surface area contributed by atoms with E-state index < -0.39 is 6.04 Å². The molecule has 1 fully saturated rings. The Labute approximate surface area is 143 Å². The molecule has 1 aliphatic carbocycles. The first-order valence-electron chi connectivity index (χ1n) is 8.84. The molecule has 3 rings (SSSR count). The highest BCUT2D eigenvalue weighted by Crippen LogP contribution is 2.25. The molecule has 2 amide bonds. The maximum atomic E-state index is 12.7. The molecule has 1 aromatic carbocycles. The molecule has 3 atom stereocenters. The second-order valence-electron chi connectivity index (χ2n) is 7.07. The van der Waals surface area contributed by atoms with Crippen LogP contribution < -0.4 is 5.32 Å². The molecule has 2 N–H and O–H groups in total. The van der Waals surface area contributed by atoms with Crippen LogP contribution in [0.4, 0.5) is 0 Å². The largest absolute Gasteiger partial charge is 0.393 e. The lowest BCUT2D eigenvalue weighted by Gasteiger charge is -2.36. The first-order chi connectivity index (χ1) is 11.5. The average molecular weight is 330 g/mol. The molecule has 0 aromatic heterocycles. The summed E-state index contributed by atoms with van der Waals surface area (Å²) in [6.45, 7) is 2.59. The summed E-state index contributed by atoms with van der Waals surface area (Å²) >= 11 is 0. The van der Waals surface area contributed by atoms with E-state index in [1.807, 2.05) is 24.3 Å². The van der Waals surface area contributed by atoms with Crippen molar-refractivity contribution in [2.24, 2.45) is 5.92 Å². The van der Waals surface area contributed by atoms with E-state index in [-0.39, 0.29) is 17.9 Å². The lowest BCUT2D eigenvalue weighted by atomic mass is 9.87. The van der Waals surface area contributed by atoms with Crippen LogP contribution in [-0.2, 0) is 22.6 Å². The SMILES string of the molecule is CC(=O)N1Cc2ccccc2CC1C(=O)NCC1CCCC(O)C1. The predicted molar refractivity (Wildman–Crippen MR) is 91.1 cm³/mol. The zero-order valence-electron chi connectivity index (χ0n) is 14.2. The third-order valence-electron chi connectivity index (χ3n) is 5.28. The highest BCUT2D eigenvalue weighted by molar-refractivity contribution is 5.87. The minimum Gasteiger partial charge on any atom is -0.393 e. The lowest BCUT2D eigenvalue weighted by molar-refractivity contribution is -0.140. The number of aliphatic hydroxyl groups is 1. The van der Waals surface area contributed by atoms with E-state index in [0.29, 0.717) is 25.4 Å². The smallest absolute Gasteiger partial charge is 0.243 e. The molecular formula is C19H26N2O3. The number of carbonyl (C=O) groups is 2. The van der Waals surface area contributed by atoms with Gasteiger partial charge in [0.25, 0.3) is 0 Å². The van der Waals surface area contributed by atoms with E-state index in [4.69, 9.17) is 0 Å². The highest BCUT2D eigenvalue weighted by atomic mass is 16.3. The number of nitrogens with one attached hydrogen (secondary N) is 1. The van der Waals surface area contributed by atoms with Crippen LogP contribution in [-0.4, -0.2) is 40.5 Å². The Hall–Kier alpha value is -1.88. The van der Waals surface area contributed by atoms with E-state index in [1.54, 1.807) is 4.90 Å². The van der Waals surface area contributed by atoms with E-state index in [2.05, 4.69) is 5.32 Å². The number of benzene rings is 1. The number of amides is 2. The van der Waals surface area contributed by atoms with Crippen molar-refractivity contribution in [2.45, 2.75) is 57.7 Å². The lowest BCUT2D eigenvalue weighted by Crippen LogP contribution is -2.52. The topological polar surface area (TPSA) is 69.6 Å². The first kappa shape index (κ1) is 17.0. The van der Waals surface area contributed by atoms with Crippen LogP contribution in [0.5, 0.6) is 0 Å². The number of carbonyl (C=O) groups excluding carboxylic acids is 2. The summed E-state index contributed by atoms with van der Waals surface area (Å²) in [6.07, 6.45) is 4.00. The minimum atomic E-state index is -0.439. The third kappa shape index (κ3) is 3.78. The third-order valence-corrected chi connectivity index (χ3v) is 5.28. The van der Waals surface area contributed by atoms with Gasteiger partial charge in [-0.15, -0.1) is 0 Å². The molecule has 1 saturated carbocycles. The Morgan fingerprint density at radius 3 is 2.71 bits per heavy atom. The van der Waals surface area contributed by atoms with Crippen molar-refractivity contribution in [3.63, 3.8) is 0 Å². The summed E-state index contributed by atoms with van der Waals surface area (Å²) in [7, 11) is 0. The fraction of sp³-hybridized carbons (Fsp3) is 0.579. The van der Waals surface area contributed by atoms with Crippen LogP contribution in [0, 0.1) is 5.92 Å². The van der Waals surface area contributed by atoms with Gasteiger partial charge in [-0.3, -0.25) is 9.59 Å². The van der Waals surface area contributed by atoms with Crippen molar-refractivity contribution in [2.75, 3.05) is 6.54 Å². The van der Waals surface area contributed by atoms with Crippen molar-refractivity contribution < 1.29 is 14.7 Å². The second kappa shape index (κ2) is 7.34. The van der Waals surface area contributed by atoms with Gasteiger partial charge in [0.1, 0.15) is 6.04 Å². The normalized spacial score (nSPS) is 26.6. The van der Waals surface area contributed by atoms with Gasteiger partial charge in [-0.2, -0.15) is 0 Å². The number of fused-ring (bicyclic) bond motifs is 1. The molecule has 3 unspecified atom stereocenters. The molecule has 0 bridgehead atoms. The number of hydrogen-bond acceptors (Lipinski definition) is 3. The molecular weight excluding hydrogens is 304 g/mol. The van der Waals surface area contributed by atoms with Crippen LogP contribution in [0.25, 0.3) is 0 Å². The highest BCUT2D eigenvalue weighted by Gasteiger charge is 2.33. The average Bonchev–Trinajstić information content (AvgIpc) is 2.58. The van der Waals surface area contributed by atoms with Crippen LogP contribution in [0.1, 0.15) is 43.7 Å². The zero-order chi connectivity index (χ0) is 17.1. The van der Waals surface area contributed by atoms with Gasteiger partial charge in [0.2, 0.25) is 11.8 Å². The number of aliphatic hydroxyl groups excluding tert-OH is 1. The van der Waals surface area contributed by atoms with E-state index in [9.17, 15) is 14.7 Å². The molecule has 0 saturated heterocycles. The summed E-state index contributed by atoms with van der Waals surface area (Å²) in [5.41, 5.74) is 2.26. The molecule has 2 aliphatic rings. The summed E-state index contributed by atoms with van der Waals surface area (Å²) in [5.74, 6) is 0.178. The standard InChI is InChI=1S/C19H26N2O3/c1-13(22)21-12-16-7-3-2-6-15(16)10-18(21)19(24)20-11-14-5-4-8-17(23)9-14/h2-3,6-7,14,17-18,23H,4-5,8-12H2,1H3,(H,20,24). The van der Waals surface area contributed by atoms with Crippen LogP contribution >= 0.6 is 0 Å². The predicted octanol–water partition coefficient (Wildman–Crippen LogP) is 1.63. The van der Waals surface area contributed by atoms with Gasteiger partial charge in [-0.25, -0.2) is 0 Å². The molecule has 1 heterocycles. The monoisotopic (exact) mass is 330 g/mol. The Morgan fingerprint density at radius 2 is 2.00 bits per heavy atom. The van der Waals surface area contributed by atoms with Gasteiger partial charge in [0.05, 0.1) is 6.10 Å². The molecule has 5 heteroatoms. The quantitative estimate of drug-likeness (QED) is 0.885. The van der Waals surface area contributed by atoms with E-state index >= 15 is 0 Å². The summed E-state index contributed by atoms with van der Waals surface area (Å²) in [6, 6.07) is 7.55. The van der Waals surface area contributed by atoms with Gasteiger partial charge >= 0.3 is 0 Å². The summed E-state index contributed by atoms with van der Waals surface area (Å²) < 4.78 is 0. The molecule has 1 aromatic rings. The Bertz CT molecular complexity index is 616. The van der Waals surface area contributed by atoms with Crippen molar-refractivity contribution in [3.05, 3.63) is 35.4 Å². The Balaban J connectivity index is 1.65. The van der Waals surface area contributed by atoms with Crippen LogP contribution in [0.3, 0.4) is 0 Å². The first-order valence-corrected chi connectivity index (χ1v) is 8.84. The summed E-state index contributed by atoms with van der Waals surface area (Å²) in [5, 5.41) is 12.8. The molecule has 5 nitrogen and oxygen atoms in total. The molecule has 0 spiro atoms. The molecule has 130 valence electrons. The van der Waals surface area contributed by atoms with Crippen molar-refractivity contribution >= 4 is 11.8 Å². The van der Waals surface area contributed by atoms with E-state index in [1.165, 1.54) is 6.92 Å². The summed E-state index contributed by atoms with van der Waals surface area (Å²) in [4.78, 5) is 26.3. The fourth-order valence-electron chi connectivity index (χ4n) is 3.90. The van der Waals surface area contributed by atoms with E-state index in [0.717, 1.165) is 36.8 Å². The van der Waals surface area contributed by atoms with Crippen molar-refractivity contribution in [1.29, 1.82) is 0 Å². The van der Waals surface area contributed by atoms with Gasteiger partial charge in [0.15, 0.2) is 0 Å². The van der Waals surface area contributed by atoms with Gasteiger partial charge < -0.3 is 15.3 Å². The maximum Gasteiger partial charge on any atom is 0.243 e. The Morgan fingerprint density at radius 1 is 1.25 bits per heavy atom. The van der Waals surface area contributed by atoms with Crippen molar-refractivity contribution in [3.8, 4) is 0 Å². The van der Waals surface area contributed by atoms with Gasteiger partial charge in [-0.1, -0.05) is 30.7 Å². The van der Waals surface area contributed by atoms with Gasteiger partial charge in [-0.05, 0) is 36.3 Å².